The second-order valence-corrected chi connectivity index (χ2v) is 5.12. The van der Waals surface area contributed by atoms with Crippen molar-refractivity contribution in [2.75, 3.05) is 25.0 Å². The molecule has 1 aliphatic rings. The van der Waals surface area contributed by atoms with E-state index >= 15 is 0 Å². The van der Waals surface area contributed by atoms with Crippen LogP contribution in [-0.2, 0) is 0 Å². The zero-order chi connectivity index (χ0) is 13.7. The monoisotopic (exact) mass is 261 g/mol. The lowest BCUT2D eigenvalue weighted by molar-refractivity contribution is 0.0761. The lowest BCUT2D eigenvalue weighted by atomic mass is 10.2. The summed E-state index contributed by atoms with van der Waals surface area (Å²) in [5.74, 6) is 0.937. The molecule has 2 rings (SSSR count). The van der Waals surface area contributed by atoms with E-state index in [-0.39, 0.29) is 5.91 Å². The van der Waals surface area contributed by atoms with E-state index in [0.717, 1.165) is 49.6 Å². The zero-order valence-corrected chi connectivity index (χ0v) is 11.9. The first-order chi connectivity index (χ1) is 9.20. The SMILES string of the molecule is CCNc1cc(C(=O)N2CCCCCC2)cc(C)n1. The Morgan fingerprint density at radius 1 is 1.26 bits per heavy atom. The van der Waals surface area contributed by atoms with Gasteiger partial charge in [0.1, 0.15) is 5.82 Å². The number of amides is 1. The summed E-state index contributed by atoms with van der Waals surface area (Å²) in [6, 6.07) is 3.75. The van der Waals surface area contributed by atoms with E-state index in [1.165, 1.54) is 12.8 Å². The van der Waals surface area contributed by atoms with Gasteiger partial charge >= 0.3 is 0 Å². The molecule has 0 saturated carbocycles. The van der Waals surface area contributed by atoms with Gasteiger partial charge < -0.3 is 10.2 Å². The lowest BCUT2D eigenvalue weighted by Gasteiger charge is -2.20. The van der Waals surface area contributed by atoms with Crippen molar-refractivity contribution in [1.29, 1.82) is 0 Å². The Balaban J connectivity index is 2.17. The minimum absolute atomic E-state index is 0.145. The molecule has 19 heavy (non-hydrogen) atoms. The number of hydrogen-bond acceptors (Lipinski definition) is 3. The van der Waals surface area contributed by atoms with E-state index in [9.17, 15) is 4.79 Å². The molecule has 1 saturated heterocycles. The van der Waals surface area contributed by atoms with Gasteiger partial charge in [-0.2, -0.15) is 0 Å². The zero-order valence-electron chi connectivity index (χ0n) is 11.9. The fourth-order valence-corrected chi connectivity index (χ4v) is 2.52. The summed E-state index contributed by atoms with van der Waals surface area (Å²) in [7, 11) is 0. The fourth-order valence-electron chi connectivity index (χ4n) is 2.52. The maximum absolute atomic E-state index is 12.5. The highest BCUT2D eigenvalue weighted by Gasteiger charge is 2.18. The highest BCUT2D eigenvalue weighted by molar-refractivity contribution is 5.95. The molecule has 2 heterocycles. The first kappa shape index (κ1) is 13.8. The summed E-state index contributed by atoms with van der Waals surface area (Å²) in [6.45, 7) is 6.54. The van der Waals surface area contributed by atoms with E-state index in [1.807, 2.05) is 30.9 Å². The number of likely N-dealkylation sites (tertiary alicyclic amines) is 1. The molecular weight excluding hydrogens is 238 g/mol. The molecule has 1 N–H and O–H groups in total. The number of pyridine rings is 1. The average molecular weight is 261 g/mol. The predicted molar refractivity (Wildman–Crippen MR) is 77.5 cm³/mol. The standard InChI is InChI=1S/C15H23N3O/c1-3-16-14-11-13(10-12(2)17-14)15(19)18-8-6-4-5-7-9-18/h10-11H,3-9H2,1-2H3,(H,16,17). The molecule has 104 valence electrons. The normalized spacial score (nSPS) is 16.0. The number of anilines is 1. The Morgan fingerprint density at radius 2 is 1.95 bits per heavy atom. The maximum atomic E-state index is 12.5. The summed E-state index contributed by atoms with van der Waals surface area (Å²) in [4.78, 5) is 18.9. The highest BCUT2D eigenvalue weighted by Crippen LogP contribution is 2.16. The van der Waals surface area contributed by atoms with E-state index in [0.29, 0.717) is 0 Å². The Bertz CT molecular complexity index is 437. The van der Waals surface area contributed by atoms with Crippen LogP contribution < -0.4 is 5.32 Å². The van der Waals surface area contributed by atoms with E-state index in [1.54, 1.807) is 0 Å². The van der Waals surface area contributed by atoms with Gasteiger partial charge in [0.05, 0.1) is 0 Å². The van der Waals surface area contributed by atoms with Crippen molar-refractivity contribution in [2.24, 2.45) is 0 Å². The quantitative estimate of drug-likeness (QED) is 0.910. The lowest BCUT2D eigenvalue weighted by Crippen LogP contribution is -2.32. The molecule has 1 fully saturated rings. The van der Waals surface area contributed by atoms with Crippen LogP contribution in [0.1, 0.15) is 48.7 Å². The van der Waals surface area contributed by atoms with Crippen LogP contribution in [0.25, 0.3) is 0 Å². The van der Waals surface area contributed by atoms with Crippen LogP contribution in [0.15, 0.2) is 12.1 Å². The second kappa shape index (κ2) is 6.55. The number of nitrogens with zero attached hydrogens (tertiary/aromatic N) is 2. The van der Waals surface area contributed by atoms with Crippen molar-refractivity contribution < 1.29 is 4.79 Å². The molecule has 1 aromatic rings. The Hall–Kier alpha value is -1.58. The predicted octanol–water partition coefficient (Wildman–Crippen LogP) is 2.84. The maximum Gasteiger partial charge on any atom is 0.254 e. The smallest absolute Gasteiger partial charge is 0.254 e. The fraction of sp³-hybridized carbons (Fsp3) is 0.600. The molecule has 1 aromatic heterocycles. The third-order valence-corrected chi connectivity index (χ3v) is 3.45. The minimum atomic E-state index is 0.145. The van der Waals surface area contributed by atoms with Crippen molar-refractivity contribution in [2.45, 2.75) is 39.5 Å². The molecule has 0 atom stereocenters. The molecule has 0 aromatic carbocycles. The van der Waals surface area contributed by atoms with Gasteiger partial charge in [0.15, 0.2) is 0 Å². The molecule has 1 amide bonds. The van der Waals surface area contributed by atoms with Gasteiger partial charge in [-0.1, -0.05) is 12.8 Å². The Morgan fingerprint density at radius 3 is 2.58 bits per heavy atom. The van der Waals surface area contributed by atoms with Crippen LogP contribution in [-0.4, -0.2) is 35.4 Å². The summed E-state index contributed by atoms with van der Waals surface area (Å²) in [5.41, 5.74) is 1.64. The summed E-state index contributed by atoms with van der Waals surface area (Å²) in [6.07, 6.45) is 4.72. The molecule has 4 heteroatoms. The number of rotatable bonds is 3. The minimum Gasteiger partial charge on any atom is -0.370 e. The highest BCUT2D eigenvalue weighted by atomic mass is 16.2. The molecule has 4 nitrogen and oxygen atoms in total. The average Bonchev–Trinajstić information content (AvgIpc) is 2.66. The van der Waals surface area contributed by atoms with Crippen molar-refractivity contribution in [3.8, 4) is 0 Å². The van der Waals surface area contributed by atoms with Gasteiger partial charge in [-0.3, -0.25) is 4.79 Å². The largest absolute Gasteiger partial charge is 0.370 e. The van der Waals surface area contributed by atoms with Crippen LogP contribution in [0.4, 0.5) is 5.82 Å². The van der Waals surface area contributed by atoms with Gasteiger partial charge in [-0.25, -0.2) is 4.98 Å². The van der Waals surface area contributed by atoms with E-state index in [4.69, 9.17) is 0 Å². The summed E-state index contributed by atoms with van der Waals surface area (Å²) < 4.78 is 0. The topological polar surface area (TPSA) is 45.2 Å². The van der Waals surface area contributed by atoms with Crippen LogP contribution in [0.5, 0.6) is 0 Å². The second-order valence-electron chi connectivity index (χ2n) is 5.12. The van der Waals surface area contributed by atoms with Crippen molar-refractivity contribution >= 4 is 11.7 Å². The van der Waals surface area contributed by atoms with Gasteiger partial charge in [-0.15, -0.1) is 0 Å². The number of carbonyl (C=O) groups excluding carboxylic acids is 1. The number of aryl methyl sites for hydroxylation is 1. The number of nitrogens with one attached hydrogen (secondary N) is 1. The van der Waals surface area contributed by atoms with E-state index in [2.05, 4.69) is 10.3 Å². The van der Waals surface area contributed by atoms with Gasteiger partial charge in [0, 0.05) is 30.9 Å². The third kappa shape index (κ3) is 3.69. The molecule has 0 aliphatic carbocycles. The Kier molecular flexibility index (Phi) is 4.77. The number of hydrogen-bond donors (Lipinski definition) is 1. The van der Waals surface area contributed by atoms with Crippen LogP contribution in [0.2, 0.25) is 0 Å². The Labute approximate surface area is 115 Å². The summed E-state index contributed by atoms with van der Waals surface area (Å²) >= 11 is 0. The molecule has 0 spiro atoms. The molecule has 0 bridgehead atoms. The first-order valence-electron chi connectivity index (χ1n) is 7.22. The van der Waals surface area contributed by atoms with Crippen LogP contribution in [0, 0.1) is 6.92 Å². The van der Waals surface area contributed by atoms with Crippen LogP contribution >= 0.6 is 0 Å². The van der Waals surface area contributed by atoms with Crippen molar-refractivity contribution in [3.63, 3.8) is 0 Å². The summed E-state index contributed by atoms with van der Waals surface area (Å²) in [5, 5.41) is 3.18. The van der Waals surface area contributed by atoms with Gasteiger partial charge in [0.2, 0.25) is 0 Å². The molecular formula is C15H23N3O. The number of carbonyl (C=O) groups is 1. The first-order valence-corrected chi connectivity index (χ1v) is 7.22. The molecule has 0 unspecified atom stereocenters. The molecule has 0 radical (unpaired) electrons. The number of aromatic nitrogens is 1. The van der Waals surface area contributed by atoms with Crippen molar-refractivity contribution in [1.82, 2.24) is 9.88 Å². The van der Waals surface area contributed by atoms with Gasteiger partial charge in [0.25, 0.3) is 5.91 Å². The molecule has 1 aliphatic heterocycles. The van der Waals surface area contributed by atoms with Crippen molar-refractivity contribution in [3.05, 3.63) is 23.4 Å². The van der Waals surface area contributed by atoms with E-state index < -0.39 is 0 Å². The van der Waals surface area contributed by atoms with Gasteiger partial charge in [-0.05, 0) is 38.8 Å². The third-order valence-electron chi connectivity index (χ3n) is 3.45. The van der Waals surface area contributed by atoms with Crippen LogP contribution in [0.3, 0.4) is 0 Å².